The molecule has 3 aromatic rings. The van der Waals surface area contributed by atoms with Crippen molar-refractivity contribution in [1.29, 1.82) is 5.26 Å². The highest BCUT2D eigenvalue weighted by Crippen LogP contribution is 2.56. The van der Waals surface area contributed by atoms with E-state index in [0.717, 1.165) is 0 Å². The van der Waals surface area contributed by atoms with Gasteiger partial charge in [0.25, 0.3) is 5.56 Å². The number of carbonyl (C=O) groups excluding carboxylic acids is 1. The third-order valence-corrected chi connectivity index (χ3v) is 17.3. The lowest BCUT2D eigenvalue weighted by Gasteiger charge is -2.41. The highest BCUT2D eigenvalue weighted by molar-refractivity contribution is 8.07. The van der Waals surface area contributed by atoms with Gasteiger partial charge in [-0.25, -0.2) is 15.0 Å². The molecule has 2 aliphatic rings. The van der Waals surface area contributed by atoms with Gasteiger partial charge in [0, 0.05) is 35.1 Å². The van der Waals surface area contributed by atoms with E-state index in [1.165, 1.54) is 23.4 Å². The molecule has 0 radical (unpaired) electrons. The fraction of sp³-hybridized carbons (Fsp3) is 0.667. The van der Waals surface area contributed by atoms with Crippen LogP contribution in [0.2, 0.25) is 18.1 Å². The van der Waals surface area contributed by atoms with Gasteiger partial charge in [-0.05, 0) is 36.4 Å². The maximum Gasteiger partial charge on any atom is 0.695 e. The molecule has 1 saturated carbocycles. The van der Waals surface area contributed by atoms with Crippen LogP contribution in [0, 0.1) is 23.2 Å². The van der Waals surface area contributed by atoms with Crippen LogP contribution in [-0.2, 0) is 48.4 Å². The molecule has 57 heavy (non-hydrogen) atoms. The van der Waals surface area contributed by atoms with E-state index in [4.69, 9.17) is 43.8 Å². The molecule has 9 atom stereocenters. The fourth-order valence-electron chi connectivity index (χ4n) is 5.99. The highest BCUT2D eigenvalue weighted by Gasteiger charge is 2.54. The number of aliphatic hydroxyl groups excluding tert-OH is 1. The number of nitrogens with one attached hydrogen (secondary N) is 2. The minimum absolute atomic E-state index is 0.0273. The van der Waals surface area contributed by atoms with Crippen LogP contribution >= 0.6 is 15.0 Å². The van der Waals surface area contributed by atoms with E-state index >= 15 is 0 Å². The molecule has 3 aromatic heterocycles. The molecule has 0 spiro atoms. The van der Waals surface area contributed by atoms with Crippen molar-refractivity contribution in [2.24, 2.45) is 11.8 Å². The number of H-pyrrole nitrogens is 1. The number of aromatic amines is 1. The molecule has 0 aromatic carbocycles. The quantitative estimate of drug-likeness (QED) is 0.0791. The third kappa shape index (κ3) is 11.1. The van der Waals surface area contributed by atoms with Gasteiger partial charge in [-0.15, -0.1) is 9.42 Å². The third-order valence-electron chi connectivity index (χ3n) is 9.99. The van der Waals surface area contributed by atoms with Gasteiger partial charge in [0.2, 0.25) is 17.7 Å². The number of nitrogens with zero attached hydrogens (tertiary/aromatic N) is 6. The Hall–Kier alpha value is -3.16. The number of nitriles is 1. The van der Waals surface area contributed by atoms with Gasteiger partial charge in [-0.3, -0.25) is 29.0 Å². The Labute approximate surface area is 336 Å². The smallest absolute Gasteiger partial charge is 0.474 e. The van der Waals surface area contributed by atoms with Gasteiger partial charge < -0.3 is 28.1 Å². The van der Waals surface area contributed by atoms with Gasteiger partial charge >= 0.3 is 15.0 Å². The average Bonchev–Trinajstić information content (AvgIpc) is 3.82. The number of rotatable bonds is 18. The maximum atomic E-state index is 13.2. The average molecular weight is 872 g/mol. The molecule has 20 nitrogen and oxygen atoms in total. The number of aromatic nitrogens is 6. The van der Waals surface area contributed by atoms with Crippen LogP contribution in [0.5, 0.6) is 5.88 Å². The first-order valence-electron chi connectivity index (χ1n) is 18.3. The number of anilines is 1. The number of carbonyl (C=O) groups is 1. The lowest BCUT2D eigenvalue weighted by Crippen LogP contribution is -2.50. The van der Waals surface area contributed by atoms with Gasteiger partial charge in [0.05, 0.1) is 38.6 Å². The first kappa shape index (κ1) is 44.9. The Bertz CT molecular complexity index is 2030. The van der Waals surface area contributed by atoms with Crippen LogP contribution in [0.3, 0.4) is 0 Å². The van der Waals surface area contributed by atoms with Crippen LogP contribution in [-0.4, -0.2) is 104 Å². The fourth-order valence-corrected chi connectivity index (χ4v) is 9.91. The Morgan fingerprint density at radius 3 is 2.65 bits per heavy atom. The molecule has 24 heteroatoms. The van der Waals surface area contributed by atoms with E-state index in [-0.39, 0.29) is 54.1 Å². The van der Waals surface area contributed by atoms with E-state index in [2.05, 4.69) is 30.2 Å². The summed E-state index contributed by atoms with van der Waals surface area (Å²) in [6, 6.07) is 3.60. The number of fused-ring (bicyclic) bond motifs is 1. The summed E-state index contributed by atoms with van der Waals surface area (Å²) in [6.45, 7) is 8.81. The number of hydrogen-bond donors (Lipinski definition) is 4. The molecular formula is C33H49N8O12P2SSi+. The van der Waals surface area contributed by atoms with Crippen molar-refractivity contribution < 1.29 is 51.4 Å². The second-order valence-corrected chi connectivity index (χ2v) is 23.8. The van der Waals surface area contributed by atoms with Gasteiger partial charge in [-0.2, -0.15) is 10.2 Å². The molecule has 2 unspecified atom stereocenters. The van der Waals surface area contributed by atoms with Crippen molar-refractivity contribution in [3.05, 3.63) is 35.3 Å². The number of ether oxygens (including phenoxy) is 2. The van der Waals surface area contributed by atoms with Crippen LogP contribution in [0.1, 0.15) is 60.1 Å². The molecule has 1 aliphatic heterocycles. The molecule has 1 saturated heterocycles. The summed E-state index contributed by atoms with van der Waals surface area (Å²) in [7, 11) is -5.63. The Kier molecular flexibility index (Phi) is 14.8. The van der Waals surface area contributed by atoms with Crippen LogP contribution in [0.4, 0.5) is 5.95 Å². The lowest BCUT2D eigenvalue weighted by molar-refractivity contribution is -0.118. The Morgan fingerprint density at radius 2 is 2.02 bits per heavy atom. The van der Waals surface area contributed by atoms with Crippen molar-refractivity contribution in [2.75, 3.05) is 25.1 Å². The minimum atomic E-state index is -3.90. The summed E-state index contributed by atoms with van der Waals surface area (Å²) in [6.07, 6.45) is -0.907. The largest absolute Gasteiger partial charge is 0.695 e. The Balaban J connectivity index is 1.52. The van der Waals surface area contributed by atoms with Crippen LogP contribution in [0.25, 0.3) is 11.2 Å². The maximum absolute atomic E-state index is 13.2. The summed E-state index contributed by atoms with van der Waals surface area (Å²) < 4.78 is 57.0. The number of hydrogen-bond acceptors (Lipinski definition) is 17. The van der Waals surface area contributed by atoms with E-state index < -0.39 is 84.0 Å². The van der Waals surface area contributed by atoms with Gasteiger partial charge in [0.15, 0.2) is 25.7 Å². The predicted octanol–water partition coefficient (Wildman–Crippen LogP) is 4.23. The summed E-state index contributed by atoms with van der Waals surface area (Å²) in [5, 5.41) is 22.4. The SMILES string of the molecule is CC(C)C(=O)Nc1nc2c(ncn2[C@@H]2O[C@H](CO)[C@@H](O[Si](C)(C)C(C)(C)C)[C@@H]2OP(=S)(OCCC#N)OC[C@H]2C[C@@H](Oc3ccncn3)C[C@@H]2O[P+](=O)O)c(=O)[nH]1. The van der Waals surface area contributed by atoms with Crippen molar-refractivity contribution in [1.82, 2.24) is 29.5 Å². The standard InChI is InChI=1S/C33H48N8O12P2SSi/c1-19(2)29(43)39-32-38-28-25(30(44)40-32)37-18-41(28)31-27(26(23(15-42)50-31)53-57(6,7)33(3,4)5)52-55(56,47-12-8-10-34)48-16-20-13-21(14-22(20)51-54(45)46)49-24-9-11-35-17-36-24/h9,11,17-23,26-27,31,42H,8,12-16H2,1-7H3,(H2-,38,39,40,43,44,45,46)/p+1/t20-,21-,22+,23-,26-,27+,31-,55?/m1/s1. The van der Waals surface area contributed by atoms with Crippen molar-refractivity contribution >= 4 is 58.1 Å². The summed E-state index contributed by atoms with van der Waals surface area (Å²) >= 11 is 6.02. The highest BCUT2D eigenvalue weighted by atomic mass is 32.5. The zero-order valence-corrected chi connectivity index (χ0v) is 36.2. The predicted molar refractivity (Wildman–Crippen MR) is 210 cm³/mol. The van der Waals surface area contributed by atoms with E-state index in [9.17, 15) is 29.4 Å². The molecule has 0 bridgehead atoms. The minimum Gasteiger partial charge on any atom is -0.474 e. The summed E-state index contributed by atoms with van der Waals surface area (Å²) in [4.78, 5) is 54.7. The lowest BCUT2D eigenvalue weighted by atomic mass is 10.1. The molecule has 1 amide bonds. The van der Waals surface area contributed by atoms with Crippen molar-refractivity contribution in [3.63, 3.8) is 0 Å². The Morgan fingerprint density at radius 1 is 1.26 bits per heavy atom. The molecule has 2 fully saturated rings. The van der Waals surface area contributed by atoms with Crippen molar-refractivity contribution in [2.45, 2.75) is 109 Å². The summed E-state index contributed by atoms with van der Waals surface area (Å²) in [5.41, 5.74) is -0.669. The zero-order valence-electron chi connectivity index (χ0n) is 32.6. The molecular weight excluding hydrogens is 823 g/mol. The first-order chi connectivity index (χ1) is 26.8. The normalized spacial score (nSPS) is 25.4. The molecule has 312 valence electrons. The molecule has 4 heterocycles. The van der Waals surface area contributed by atoms with Crippen molar-refractivity contribution in [3.8, 4) is 11.9 Å². The molecule has 5 rings (SSSR count). The number of amides is 1. The number of imidazole rings is 1. The van der Waals surface area contributed by atoms with E-state index in [0.29, 0.717) is 12.3 Å². The molecule has 4 N–H and O–H groups in total. The topological polar surface area (TPSA) is 264 Å². The first-order valence-corrected chi connectivity index (χ1v) is 24.9. The van der Waals surface area contributed by atoms with Crippen LogP contribution < -0.4 is 15.6 Å². The second-order valence-electron chi connectivity index (χ2n) is 15.4. The van der Waals surface area contributed by atoms with Crippen LogP contribution in [0.15, 0.2) is 29.7 Å². The summed E-state index contributed by atoms with van der Waals surface area (Å²) in [5.74, 6) is -1.13. The van der Waals surface area contributed by atoms with E-state index in [1.54, 1.807) is 19.9 Å². The van der Waals surface area contributed by atoms with E-state index in [1.807, 2.05) is 39.9 Å². The molecule has 1 aliphatic carbocycles. The monoisotopic (exact) mass is 871 g/mol. The number of aliphatic hydroxyl groups is 1. The van der Waals surface area contributed by atoms with Gasteiger partial charge in [0.1, 0.15) is 36.8 Å². The zero-order chi connectivity index (χ0) is 41.7. The second kappa shape index (κ2) is 18.8. The van der Waals surface area contributed by atoms with Gasteiger partial charge in [-0.1, -0.05) is 34.6 Å².